The average Bonchev–Trinajstić information content (AvgIpc) is 2.68. The summed E-state index contributed by atoms with van der Waals surface area (Å²) >= 11 is 11.0. The maximum absolute atomic E-state index is 5.52. The molecule has 0 spiro atoms. The number of nitrogens with zero attached hydrogens (tertiary/aromatic N) is 1. The smallest absolute Gasteiger partial charge is 0.106 e. The van der Waals surface area contributed by atoms with Gasteiger partial charge in [-0.25, -0.2) is 0 Å². The van der Waals surface area contributed by atoms with E-state index < -0.39 is 0 Å². The second-order valence-corrected chi connectivity index (χ2v) is 3.16. The molecule has 0 unspecified atom stereocenters. The van der Waals surface area contributed by atoms with Gasteiger partial charge in [0.25, 0.3) is 0 Å². The molecule has 0 saturated heterocycles. The Labute approximate surface area is 92.9 Å². The van der Waals surface area contributed by atoms with Crippen LogP contribution in [-0.4, -0.2) is 9.97 Å². The molecular weight excluding hydrogens is 219 g/mol. The summed E-state index contributed by atoms with van der Waals surface area (Å²) in [6, 6.07) is 9.35. The van der Waals surface area contributed by atoms with Gasteiger partial charge in [-0.3, -0.25) is 4.98 Å². The van der Waals surface area contributed by atoms with Gasteiger partial charge in [0.2, 0.25) is 0 Å². The third-order valence-corrected chi connectivity index (χ3v) is 1.93. The van der Waals surface area contributed by atoms with Crippen LogP contribution in [0.1, 0.15) is 5.69 Å². The number of H-pyrrole nitrogens is 1. The van der Waals surface area contributed by atoms with Gasteiger partial charge in [0.05, 0.1) is 5.88 Å². The first-order valence-electron chi connectivity index (χ1n) is 4.07. The number of halogens is 2. The summed E-state index contributed by atoms with van der Waals surface area (Å²) in [4.78, 5) is 6.64. The largest absolute Gasteiger partial charge is 0.349 e. The fraction of sp³-hybridized carbons (Fsp3) is 0.100. The molecule has 2 aromatic heterocycles. The van der Waals surface area contributed by atoms with E-state index in [0.717, 1.165) is 5.69 Å². The fourth-order valence-corrected chi connectivity index (χ4v) is 1.14. The maximum Gasteiger partial charge on any atom is 0.106 e. The molecule has 2 nitrogen and oxygen atoms in total. The molecular formula is C10H10Cl2N2. The normalized spacial score (nSPS) is 9.00. The summed E-state index contributed by atoms with van der Waals surface area (Å²) in [6.07, 6.45) is 3.50. The highest BCUT2D eigenvalue weighted by Crippen LogP contribution is 2.08. The molecule has 0 saturated carbocycles. The summed E-state index contributed by atoms with van der Waals surface area (Å²) in [5.74, 6) is 0.493. The van der Waals surface area contributed by atoms with Crippen molar-refractivity contribution in [2.45, 2.75) is 5.88 Å². The molecule has 0 amide bonds. The van der Waals surface area contributed by atoms with Crippen LogP contribution in [0.15, 0.2) is 42.7 Å². The van der Waals surface area contributed by atoms with Crippen LogP contribution in [0.3, 0.4) is 0 Å². The number of alkyl halides is 1. The first kappa shape index (κ1) is 11.1. The highest BCUT2D eigenvalue weighted by Gasteiger charge is 1.90. The van der Waals surface area contributed by atoms with E-state index in [9.17, 15) is 0 Å². The molecule has 74 valence electrons. The van der Waals surface area contributed by atoms with E-state index >= 15 is 0 Å². The van der Waals surface area contributed by atoms with E-state index in [-0.39, 0.29) is 0 Å². The van der Waals surface area contributed by atoms with Crippen molar-refractivity contribution >= 4 is 23.2 Å². The molecule has 0 atom stereocenters. The molecule has 0 fully saturated rings. The molecule has 2 heterocycles. The third-order valence-electron chi connectivity index (χ3n) is 1.42. The van der Waals surface area contributed by atoms with Gasteiger partial charge in [0, 0.05) is 18.1 Å². The minimum absolute atomic E-state index is 0.493. The average molecular weight is 229 g/mol. The van der Waals surface area contributed by atoms with Gasteiger partial charge in [-0.05, 0) is 24.3 Å². The Morgan fingerprint density at radius 1 is 1.14 bits per heavy atom. The topological polar surface area (TPSA) is 28.7 Å². The number of nitrogens with one attached hydrogen (secondary N) is 1. The number of hydrogen-bond donors (Lipinski definition) is 1. The van der Waals surface area contributed by atoms with Crippen LogP contribution in [-0.2, 0) is 5.88 Å². The van der Waals surface area contributed by atoms with E-state index in [1.165, 1.54) is 0 Å². The molecule has 0 aliphatic heterocycles. The van der Waals surface area contributed by atoms with Crippen LogP contribution in [0.25, 0.3) is 0 Å². The van der Waals surface area contributed by atoms with Crippen molar-refractivity contribution in [1.29, 1.82) is 0 Å². The highest BCUT2D eigenvalue weighted by molar-refractivity contribution is 6.29. The number of hydrogen-bond acceptors (Lipinski definition) is 1. The van der Waals surface area contributed by atoms with Crippen molar-refractivity contribution < 1.29 is 0 Å². The lowest BCUT2D eigenvalue weighted by Gasteiger charge is -1.81. The predicted octanol–water partition coefficient (Wildman–Crippen LogP) is 3.49. The lowest BCUT2D eigenvalue weighted by Crippen LogP contribution is -1.71. The van der Waals surface area contributed by atoms with Gasteiger partial charge < -0.3 is 4.98 Å². The first-order valence-corrected chi connectivity index (χ1v) is 4.98. The molecule has 4 heteroatoms. The molecule has 0 bridgehead atoms. The van der Waals surface area contributed by atoms with E-state index in [4.69, 9.17) is 23.2 Å². The van der Waals surface area contributed by atoms with Crippen LogP contribution in [0.4, 0.5) is 0 Å². The zero-order chi connectivity index (χ0) is 10.2. The van der Waals surface area contributed by atoms with E-state index in [1.54, 1.807) is 18.5 Å². The Kier molecular flexibility index (Phi) is 5.12. The van der Waals surface area contributed by atoms with Crippen LogP contribution >= 0.6 is 23.2 Å². The molecule has 0 aliphatic rings. The SMILES string of the molecule is ClCc1ccc(Cl)[nH]1.c1ccncc1. The van der Waals surface area contributed by atoms with E-state index in [0.29, 0.717) is 11.0 Å². The fourth-order valence-electron chi connectivity index (χ4n) is 0.801. The lowest BCUT2D eigenvalue weighted by molar-refractivity contribution is 1.23. The highest BCUT2D eigenvalue weighted by atomic mass is 35.5. The lowest BCUT2D eigenvalue weighted by atomic mass is 10.5. The molecule has 2 aromatic rings. The van der Waals surface area contributed by atoms with Crippen molar-refractivity contribution in [2.75, 3.05) is 0 Å². The summed E-state index contributed by atoms with van der Waals surface area (Å²) in [5, 5.41) is 0.639. The Hall–Kier alpha value is -0.990. The zero-order valence-electron chi connectivity index (χ0n) is 7.45. The van der Waals surface area contributed by atoms with Gasteiger partial charge in [-0.2, -0.15) is 0 Å². The molecule has 0 aromatic carbocycles. The molecule has 0 aliphatic carbocycles. The predicted molar refractivity (Wildman–Crippen MR) is 59.6 cm³/mol. The Morgan fingerprint density at radius 2 is 1.86 bits per heavy atom. The maximum atomic E-state index is 5.52. The summed E-state index contributed by atoms with van der Waals surface area (Å²) in [7, 11) is 0. The second kappa shape index (κ2) is 6.46. The van der Waals surface area contributed by atoms with Crippen molar-refractivity contribution in [3.8, 4) is 0 Å². The number of rotatable bonds is 1. The quantitative estimate of drug-likeness (QED) is 0.745. The van der Waals surface area contributed by atoms with Gasteiger partial charge in [0.1, 0.15) is 5.15 Å². The summed E-state index contributed by atoms with van der Waals surface area (Å²) in [5.41, 5.74) is 0.955. The molecule has 14 heavy (non-hydrogen) atoms. The van der Waals surface area contributed by atoms with Crippen molar-refractivity contribution in [3.05, 3.63) is 53.6 Å². The van der Waals surface area contributed by atoms with Gasteiger partial charge in [-0.1, -0.05) is 17.7 Å². The van der Waals surface area contributed by atoms with Crippen LogP contribution in [0.5, 0.6) is 0 Å². The Morgan fingerprint density at radius 3 is 2.07 bits per heavy atom. The summed E-state index contributed by atoms with van der Waals surface area (Å²) < 4.78 is 0. The Bertz CT molecular complexity index is 319. The Balaban J connectivity index is 0.000000146. The number of aromatic amines is 1. The van der Waals surface area contributed by atoms with Gasteiger partial charge in [0.15, 0.2) is 0 Å². The minimum atomic E-state index is 0.493. The van der Waals surface area contributed by atoms with Gasteiger partial charge >= 0.3 is 0 Å². The molecule has 0 radical (unpaired) electrons. The minimum Gasteiger partial charge on any atom is -0.349 e. The number of aromatic nitrogens is 2. The third kappa shape index (κ3) is 4.30. The monoisotopic (exact) mass is 228 g/mol. The van der Waals surface area contributed by atoms with E-state index in [1.807, 2.05) is 24.3 Å². The van der Waals surface area contributed by atoms with Crippen LogP contribution < -0.4 is 0 Å². The van der Waals surface area contributed by atoms with Crippen molar-refractivity contribution in [2.24, 2.45) is 0 Å². The molecule has 1 N–H and O–H groups in total. The molecule has 2 rings (SSSR count). The van der Waals surface area contributed by atoms with Gasteiger partial charge in [-0.15, -0.1) is 11.6 Å². The zero-order valence-corrected chi connectivity index (χ0v) is 8.96. The first-order chi connectivity index (χ1) is 6.83. The second-order valence-electron chi connectivity index (χ2n) is 2.49. The van der Waals surface area contributed by atoms with Crippen molar-refractivity contribution in [1.82, 2.24) is 9.97 Å². The number of pyridine rings is 1. The van der Waals surface area contributed by atoms with E-state index in [2.05, 4.69) is 9.97 Å². The summed E-state index contributed by atoms with van der Waals surface area (Å²) in [6.45, 7) is 0. The van der Waals surface area contributed by atoms with Crippen molar-refractivity contribution in [3.63, 3.8) is 0 Å². The van der Waals surface area contributed by atoms with Crippen LogP contribution in [0.2, 0.25) is 5.15 Å². The van der Waals surface area contributed by atoms with Crippen LogP contribution in [0, 0.1) is 0 Å². The standard InChI is InChI=1S/C5H5Cl2N.C5H5N/c6-3-4-1-2-5(7)8-4;1-2-4-6-5-3-1/h1-2,8H,3H2;1-5H.